The number of unbranched alkanes of at least 4 members (excludes halogenated alkanes) is 1. The standard InChI is InChI=1S/C11H22N2O2/c1-3-4-5-9(12)10(14)13-11(2)6-7-15-8-11/h9H,3-8,12H2,1-2H3,(H,13,14). The molecule has 0 aromatic heterocycles. The van der Waals surface area contributed by atoms with E-state index in [2.05, 4.69) is 12.2 Å². The Hall–Kier alpha value is -0.610. The van der Waals surface area contributed by atoms with E-state index in [0.29, 0.717) is 6.61 Å². The predicted octanol–water partition coefficient (Wildman–Crippen LogP) is 0.799. The number of hydrogen-bond donors (Lipinski definition) is 2. The zero-order valence-electron chi connectivity index (χ0n) is 9.71. The van der Waals surface area contributed by atoms with Crippen LogP contribution in [0.15, 0.2) is 0 Å². The summed E-state index contributed by atoms with van der Waals surface area (Å²) in [6.07, 6.45) is 3.71. The van der Waals surface area contributed by atoms with Crippen molar-refractivity contribution >= 4 is 5.91 Å². The molecule has 0 saturated carbocycles. The lowest BCUT2D eigenvalue weighted by Gasteiger charge is -2.25. The van der Waals surface area contributed by atoms with Crippen LogP contribution in [-0.4, -0.2) is 30.7 Å². The van der Waals surface area contributed by atoms with Gasteiger partial charge in [0, 0.05) is 6.61 Å². The summed E-state index contributed by atoms with van der Waals surface area (Å²) in [4.78, 5) is 11.7. The Morgan fingerprint density at radius 2 is 2.40 bits per heavy atom. The van der Waals surface area contributed by atoms with Gasteiger partial charge in [0.1, 0.15) is 0 Å². The van der Waals surface area contributed by atoms with Gasteiger partial charge in [0.05, 0.1) is 18.2 Å². The largest absolute Gasteiger partial charge is 0.379 e. The highest BCUT2D eigenvalue weighted by Crippen LogP contribution is 2.17. The molecule has 0 spiro atoms. The van der Waals surface area contributed by atoms with E-state index in [4.69, 9.17) is 10.5 Å². The molecule has 1 rings (SSSR count). The second-order valence-corrected chi connectivity index (χ2v) is 4.60. The second-order valence-electron chi connectivity index (χ2n) is 4.60. The molecule has 2 unspecified atom stereocenters. The number of nitrogens with two attached hydrogens (primary N) is 1. The topological polar surface area (TPSA) is 64.4 Å². The van der Waals surface area contributed by atoms with E-state index in [1.54, 1.807) is 0 Å². The van der Waals surface area contributed by atoms with Crippen molar-refractivity contribution < 1.29 is 9.53 Å². The smallest absolute Gasteiger partial charge is 0.237 e. The molecule has 2 atom stereocenters. The molecule has 1 fully saturated rings. The summed E-state index contributed by atoms with van der Waals surface area (Å²) < 4.78 is 5.27. The van der Waals surface area contributed by atoms with Crippen molar-refractivity contribution in [2.75, 3.05) is 13.2 Å². The molecule has 1 saturated heterocycles. The van der Waals surface area contributed by atoms with Gasteiger partial charge >= 0.3 is 0 Å². The van der Waals surface area contributed by atoms with Crippen LogP contribution in [0.4, 0.5) is 0 Å². The van der Waals surface area contributed by atoms with Crippen molar-refractivity contribution in [3.63, 3.8) is 0 Å². The molecule has 0 bridgehead atoms. The van der Waals surface area contributed by atoms with E-state index >= 15 is 0 Å². The van der Waals surface area contributed by atoms with Gasteiger partial charge in [-0.2, -0.15) is 0 Å². The number of nitrogens with one attached hydrogen (secondary N) is 1. The fourth-order valence-corrected chi connectivity index (χ4v) is 1.71. The summed E-state index contributed by atoms with van der Waals surface area (Å²) in [7, 11) is 0. The van der Waals surface area contributed by atoms with Gasteiger partial charge in [0.15, 0.2) is 0 Å². The number of carbonyl (C=O) groups excluding carboxylic acids is 1. The number of hydrogen-bond acceptors (Lipinski definition) is 3. The highest BCUT2D eigenvalue weighted by Gasteiger charge is 2.32. The lowest BCUT2D eigenvalue weighted by atomic mass is 10.0. The summed E-state index contributed by atoms with van der Waals surface area (Å²) in [5.74, 6) is -0.0450. The lowest BCUT2D eigenvalue weighted by Crippen LogP contribution is -2.52. The average molecular weight is 214 g/mol. The van der Waals surface area contributed by atoms with Gasteiger partial charge in [-0.05, 0) is 19.8 Å². The molecule has 0 aromatic carbocycles. The SMILES string of the molecule is CCCCC(N)C(=O)NC1(C)CCOC1. The van der Waals surface area contributed by atoms with Crippen LogP contribution >= 0.6 is 0 Å². The van der Waals surface area contributed by atoms with Crippen LogP contribution in [0.25, 0.3) is 0 Å². The van der Waals surface area contributed by atoms with E-state index in [0.717, 1.165) is 32.3 Å². The fourth-order valence-electron chi connectivity index (χ4n) is 1.71. The van der Waals surface area contributed by atoms with E-state index in [1.165, 1.54) is 0 Å². The molecule has 1 aliphatic rings. The minimum absolute atomic E-state index is 0.0450. The van der Waals surface area contributed by atoms with Crippen LogP contribution < -0.4 is 11.1 Å². The van der Waals surface area contributed by atoms with Crippen molar-refractivity contribution in [1.82, 2.24) is 5.32 Å². The molecular formula is C11H22N2O2. The summed E-state index contributed by atoms with van der Waals surface area (Å²) in [5, 5.41) is 2.97. The van der Waals surface area contributed by atoms with Crippen LogP contribution in [0, 0.1) is 0 Å². The van der Waals surface area contributed by atoms with Crippen LogP contribution in [0.2, 0.25) is 0 Å². The Labute approximate surface area is 91.5 Å². The Kier molecular flexibility index (Phi) is 4.54. The van der Waals surface area contributed by atoms with Gasteiger partial charge in [-0.1, -0.05) is 19.8 Å². The van der Waals surface area contributed by atoms with E-state index in [-0.39, 0.29) is 17.5 Å². The summed E-state index contributed by atoms with van der Waals surface area (Å²) in [6.45, 7) is 5.42. The first kappa shape index (κ1) is 12.5. The number of rotatable bonds is 5. The highest BCUT2D eigenvalue weighted by atomic mass is 16.5. The number of carbonyl (C=O) groups is 1. The van der Waals surface area contributed by atoms with Crippen molar-refractivity contribution in [1.29, 1.82) is 0 Å². The van der Waals surface area contributed by atoms with Crippen molar-refractivity contribution in [2.24, 2.45) is 5.73 Å². The van der Waals surface area contributed by atoms with Gasteiger partial charge in [0.2, 0.25) is 5.91 Å². The third-order valence-electron chi connectivity index (χ3n) is 2.85. The highest BCUT2D eigenvalue weighted by molar-refractivity contribution is 5.82. The average Bonchev–Trinajstić information content (AvgIpc) is 2.61. The first-order chi connectivity index (χ1) is 7.07. The molecule has 88 valence electrons. The van der Waals surface area contributed by atoms with Crippen molar-refractivity contribution in [2.45, 2.75) is 51.1 Å². The molecule has 1 aliphatic heterocycles. The van der Waals surface area contributed by atoms with Gasteiger partial charge in [-0.15, -0.1) is 0 Å². The summed E-state index contributed by atoms with van der Waals surface area (Å²) in [6, 6.07) is -0.373. The molecule has 0 radical (unpaired) electrons. The summed E-state index contributed by atoms with van der Waals surface area (Å²) in [5.41, 5.74) is 5.58. The fraction of sp³-hybridized carbons (Fsp3) is 0.909. The normalized spacial score (nSPS) is 27.7. The van der Waals surface area contributed by atoms with Crippen LogP contribution in [0.1, 0.15) is 39.5 Å². The molecular weight excluding hydrogens is 192 g/mol. The van der Waals surface area contributed by atoms with Gasteiger partial charge in [-0.3, -0.25) is 4.79 Å². The van der Waals surface area contributed by atoms with Crippen LogP contribution in [0.3, 0.4) is 0 Å². The maximum atomic E-state index is 11.7. The van der Waals surface area contributed by atoms with Gasteiger partial charge < -0.3 is 15.8 Å². The Balaban J connectivity index is 2.33. The van der Waals surface area contributed by atoms with Crippen LogP contribution in [-0.2, 0) is 9.53 Å². The molecule has 1 amide bonds. The van der Waals surface area contributed by atoms with E-state index in [1.807, 2.05) is 6.92 Å². The van der Waals surface area contributed by atoms with Gasteiger partial charge in [0.25, 0.3) is 0 Å². The number of ether oxygens (including phenoxy) is 1. The zero-order valence-corrected chi connectivity index (χ0v) is 9.71. The van der Waals surface area contributed by atoms with Crippen LogP contribution in [0.5, 0.6) is 0 Å². The lowest BCUT2D eigenvalue weighted by molar-refractivity contribution is -0.124. The Morgan fingerprint density at radius 1 is 1.67 bits per heavy atom. The first-order valence-electron chi connectivity index (χ1n) is 5.73. The Morgan fingerprint density at radius 3 is 2.93 bits per heavy atom. The molecule has 15 heavy (non-hydrogen) atoms. The monoisotopic (exact) mass is 214 g/mol. The molecule has 4 nitrogen and oxygen atoms in total. The minimum Gasteiger partial charge on any atom is -0.379 e. The second kappa shape index (κ2) is 5.47. The molecule has 3 N–H and O–H groups in total. The molecule has 4 heteroatoms. The van der Waals surface area contributed by atoms with E-state index < -0.39 is 0 Å². The first-order valence-corrected chi connectivity index (χ1v) is 5.73. The third kappa shape index (κ3) is 3.80. The molecule has 0 aliphatic carbocycles. The minimum atomic E-state index is -0.373. The number of amides is 1. The molecule has 0 aromatic rings. The van der Waals surface area contributed by atoms with Crippen molar-refractivity contribution in [3.05, 3.63) is 0 Å². The maximum absolute atomic E-state index is 11.7. The summed E-state index contributed by atoms with van der Waals surface area (Å²) >= 11 is 0. The van der Waals surface area contributed by atoms with Crippen molar-refractivity contribution in [3.8, 4) is 0 Å². The zero-order chi connectivity index (χ0) is 11.3. The quantitative estimate of drug-likeness (QED) is 0.711. The maximum Gasteiger partial charge on any atom is 0.237 e. The van der Waals surface area contributed by atoms with Gasteiger partial charge in [-0.25, -0.2) is 0 Å². The third-order valence-corrected chi connectivity index (χ3v) is 2.85. The van der Waals surface area contributed by atoms with E-state index in [9.17, 15) is 4.79 Å². The molecule has 1 heterocycles. The predicted molar refractivity (Wildman–Crippen MR) is 59.5 cm³/mol. The Bertz CT molecular complexity index is 213.